The van der Waals surface area contributed by atoms with E-state index in [1.807, 2.05) is 13.0 Å². The van der Waals surface area contributed by atoms with Crippen molar-refractivity contribution >= 4 is 11.7 Å². The molecular formula is C14H20N2O2. The Morgan fingerprint density at radius 1 is 1.39 bits per heavy atom. The van der Waals surface area contributed by atoms with Crippen LogP contribution in [0.5, 0.6) is 0 Å². The summed E-state index contributed by atoms with van der Waals surface area (Å²) in [7, 11) is 0. The lowest BCUT2D eigenvalue weighted by Gasteiger charge is -2.19. The maximum Gasteiger partial charge on any atom is 0.335 e. The van der Waals surface area contributed by atoms with E-state index in [-0.39, 0.29) is 0 Å². The second kappa shape index (κ2) is 5.87. The third-order valence-corrected chi connectivity index (χ3v) is 3.42. The lowest BCUT2D eigenvalue weighted by molar-refractivity contribution is 0.0697. The highest BCUT2D eigenvalue weighted by molar-refractivity contribution is 5.89. The smallest absolute Gasteiger partial charge is 0.335 e. The number of hydrogen-bond acceptors (Lipinski definition) is 3. The van der Waals surface area contributed by atoms with Crippen molar-refractivity contribution in [2.75, 3.05) is 18.4 Å². The van der Waals surface area contributed by atoms with Gasteiger partial charge in [0.1, 0.15) is 0 Å². The third-order valence-electron chi connectivity index (χ3n) is 3.42. The highest BCUT2D eigenvalue weighted by atomic mass is 16.4. The van der Waals surface area contributed by atoms with E-state index in [0.717, 1.165) is 43.6 Å². The zero-order chi connectivity index (χ0) is 13.0. The van der Waals surface area contributed by atoms with Crippen LogP contribution < -0.4 is 10.6 Å². The number of rotatable bonds is 3. The Morgan fingerprint density at radius 2 is 2.22 bits per heavy atom. The zero-order valence-corrected chi connectivity index (χ0v) is 10.7. The van der Waals surface area contributed by atoms with Crippen molar-refractivity contribution < 1.29 is 9.90 Å². The van der Waals surface area contributed by atoms with Crippen molar-refractivity contribution in [3.8, 4) is 0 Å². The van der Waals surface area contributed by atoms with Crippen molar-refractivity contribution in [1.29, 1.82) is 0 Å². The normalized spacial score (nSPS) is 20.2. The molecule has 1 aromatic carbocycles. The van der Waals surface area contributed by atoms with E-state index in [2.05, 4.69) is 10.6 Å². The van der Waals surface area contributed by atoms with Gasteiger partial charge < -0.3 is 15.7 Å². The lowest BCUT2D eigenvalue weighted by Crippen LogP contribution is -2.22. The van der Waals surface area contributed by atoms with Gasteiger partial charge in [-0.2, -0.15) is 0 Å². The first-order valence-corrected chi connectivity index (χ1v) is 6.48. The predicted molar refractivity (Wildman–Crippen MR) is 72.3 cm³/mol. The SMILES string of the molecule is Cc1ccc(C(=O)O)cc1NC1CCCNCC1. The monoisotopic (exact) mass is 248 g/mol. The fourth-order valence-corrected chi connectivity index (χ4v) is 2.29. The number of anilines is 1. The molecule has 0 saturated carbocycles. The molecule has 1 atom stereocenters. The minimum Gasteiger partial charge on any atom is -0.478 e. The van der Waals surface area contributed by atoms with Crippen LogP contribution in [-0.2, 0) is 0 Å². The molecule has 1 aromatic rings. The van der Waals surface area contributed by atoms with Gasteiger partial charge in [0.25, 0.3) is 0 Å². The van der Waals surface area contributed by atoms with Gasteiger partial charge in [-0.3, -0.25) is 0 Å². The molecule has 1 fully saturated rings. The van der Waals surface area contributed by atoms with Crippen molar-refractivity contribution in [3.63, 3.8) is 0 Å². The molecule has 1 saturated heterocycles. The molecule has 1 unspecified atom stereocenters. The Hall–Kier alpha value is -1.55. The minimum atomic E-state index is -0.874. The number of aromatic carboxylic acids is 1. The van der Waals surface area contributed by atoms with Crippen molar-refractivity contribution in [2.45, 2.75) is 32.2 Å². The zero-order valence-electron chi connectivity index (χ0n) is 10.7. The van der Waals surface area contributed by atoms with Crippen LogP contribution in [0.15, 0.2) is 18.2 Å². The first-order chi connectivity index (χ1) is 8.66. The van der Waals surface area contributed by atoms with Crippen molar-refractivity contribution in [3.05, 3.63) is 29.3 Å². The van der Waals surface area contributed by atoms with Gasteiger partial charge in [-0.1, -0.05) is 6.07 Å². The number of aryl methyl sites for hydroxylation is 1. The summed E-state index contributed by atoms with van der Waals surface area (Å²) in [5, 5.41) is 15.9. The number of hydrogen-bond donors (Lipinski definition) is 3. The van der Waals surface area contributed by atoms with Crippen LogP contribution in [-0.4, -0.2) is 30.2 Å². The van der Waals surface area contributed by atoms with E-state index in [0.29, 0.717) is 11.6 Å². The fraction of sp³-hybridized carbons (Fsp3) is 0.500. The third kappa shape index (κ3) is 3.23. The summed E-state index contributed by atoms with van der Waals surface area (Å²) in [6, 6.07) is 5.68. The minimum absolute atomic E-state index is 0.342. The number of carboxylic acid groups (broad SMARTS) is 1. The maximum absolute atomic E-state index is 11.0. The van der Waals surface area contributed by atoms with Crippen LogP contribution in [0.3, 0.4) is 0 Å². The molecule has 0 radical (unpaired) electrons. The van der Waals surface area contributed by atoms with Gasteiger partial charge in [0, 0.05) is 11.7 Å². The van der Waals surface area contributed by atoms with Crippen LogP contribution >= 0.6 is 0 Å². The standard InChI is InChI=1S/C14H20N2O2/c1-10-4-5-11(14(17)18)9-13(10)16-12-3-2-7-15-8-6-12/h4-5,9,12,15-16H,2-3,6-8H2,1H3,(H,17,18). The topological polar surface area (TPSA) is 61.4 Å². The number of carboxylic acids is 1. The highest BCUT2D eigenvalue weighted by Crippen LogP contribution is 2.20. The molecule has 0 aromatic heterocycles. The van der Waals surface area contributed by atoms with Gasteiger partial charge in [0.15, 0.2) is 0 Å². The molecule has 4 nitrogen and oxygen atoms in total. The Kier molecular flexibility index (Phi) is 4.20. The predicted octanol–water partition coefficient (Wildman–Crippen LogP) is 2.25. The molecule has 0 bridgehead atoms. The van der Waals surface area contributed by atoms with Crippen molar-refractivity contribution in [1.82, 2.24) is 5.32 Å². The van der Waals surface area contributed by atoms with E-state index in [9.17, 15) is 4.79 Å². The van der Waals surface area contributed by atoms with Crippen LogP contribution in [0.4, 0.5) is 5.69 Å². The second-order valence-electron chi connectivity index (χ2n) is 4.86. The maximum atomic E-state index is 11.0. The molecule has 3 N–H and O–H groups in total. The van der Waals surface area contributed by atoms with E-state index >= 15 is 0 Å². The Labute approximate surface area is 107 Å². The fourth-order valence-electron chi connectivity index (χ4n) is 2.29. The number of nitrogens with one attached hydrogen (secondary N) is 2. The molecule has 98 valence electrons. The van der Waals surface area contributed by atoms with E-state index in [4.69, 9.17) is 5.11 Å². The summed E-state index contributed by atoms with van der Waals surface area (Å²) in [5.74, 6) is -0.874. The average Bonchev–Trinajstić information content (AvgIpc) is 2.60. The molecule has 18 heavy (non-hydrogen) atoms. The van der Waals surface area contributed by atoms with Gasteiger partial charge in [0.2, 0.25) is 0 Å². The summed E-state index contributed by atoms with van der Waals surface area (Å²) in [6.45, 7) is 4.10. The van der Waals surface area contributed by atoms with Crippen LogP contribution in [0.25, 0.3) is 0 Å². The van der Waals surface area contributed by atoms with Gasteiger partial charge in [0.05, 0.1) is 5.56 Å². The first kappa shape index (κ1) is 12.9. The average molecular weight is 248 g/mol. The number of carbonyl (C=O) groups is 1. The molecule has 0 aliphatic carbocycles. The van der Waals surface area contributed by atoms with Crippen molar-refractivity contribution in [2.24, 2.45) is 0 Å². The summed E-state index contributed by atoms with van der Waals surface area (Å²) < 4.78 is 0. The number of benzene rings is 1. The Morgan fingerprint density at radius 3 is 3.00 bits per heavy atom. The molecule has 0 amide bonds. The van der Waals surface area contributed by atoms with Gasteiger partial charge >= 0.3 is 5.97 Å². The summed E-state index contributed by atoms with van der Waals surface area (Å²) in [6.07, 6.45) is 3.37. The van der Waals surface area contributed by atoms with Crippen LogP contribution in [0, 0.1) is 6.92 Å². The highest BCUT2D eigenvalue weighted by Gasteiger charge is 2.13. The second-order valence-corrected chi connectivity index (χ2v) is 4.86. The molecule has 1 aliphatic heterocycles. The molecule has 2 rings (SSSR count). The summed E-state index contributed by atoms with van der Waals surface area (Å²) in [4.78, 5) is 11.0. The van der Waals surface area contributed by atoms with Crippen LogP contribution in [0.2, 0.25) is 0 Å². The van der Waals surface area contributed by atoms with Gasteiger partial charge in [-0.25, -0.2) is 4.79 Å². The molecule has 4 heteroatoms. The molecule has 0 spiro atoms. The van der Waals surface area contributed by atoms with E-state index in [1.165, 1.54) is 0 Å². The quantitative estimate of drug-likeness (QED) is 0.767. The van der Waals surface area contributed by atoms with Gasteiger partial charge in [-0.15, -0.1) is 0 Å². The summed E-state index contributed by atoms with van der Waals surface area (Å²) in [5.41, 5.74) is 2.38. The lowest BCUT2D eigenvalue weighted by atomic mass is 10.1. The molecule has 1 heterocycles. The summed E-state index contributed by atoms with van der Waals surface area (Å²) >= 11 is 0. The van der Waals surface area contributed by atoms with E-state index < -0.39 is 5.97 Å². The molecular weight excluding hydrogens is 228 g/mol. The largest absolute Gasteiger partial charge is 0.478 e. The van der Waals surface area contributed by atoms with Gasteiger partial charge in [-0.05, 0) is 57.0 Å². The van der Waals surface area contributed by atoms with E-state index in [1.54, 1.807) is 12.1 Å². The molecule has 1 aliphatic rings. The first-order valence-electron chi connectivity index (χ1n) is 6.48. The Bertz CT molecular complexity index is 424. The Balaban J connectivity index is 2.11. The van der Waals surface area contributed by atoms with Crippen LogP contribution in [0.1, 0.15) is 35.2 Å².